The van der Waals surface area contributed by atoms with Crippen LogP contribution in [0.15, 0.2) is 57.9 Å². The van der Waals surface area contributed by atoms with E-state index in [1.54, 1.807) is 23.1 Å². The van der Waals surface area contributed by atoms with Crippen molar-refractivity contribution in [3.63, 3.8) is 0 Å². The Morgan fingerprint density at radius 2 is 2.04 bits per heavy atom. The van der Waals surface area contributed by atoms with E-state index in [4.69, 9.17) is 4.42 Å². The normalized spacial score (nSPS) is 11.3. The maximum Gasteiger partial charge on any atom is 0.254 e. The number of aryl methyl sites for hydroxylation is 1. The molecule has 1 aromatic carbocycles. The van der Waals surface area contributed by atoms with E-state index in [9.17, 15) is 9.18 Å². The standard InChI is InChI=1S/C19H17FN4O2/c1-12-17-9-13(10-21-11-16-3-2-8-26-16)19(25)22-18(17)24(23-12)15-6-4-14(20)5-7-15/h2-9,21H,10-11H2,1H3,(H,22,25). The van der Waals surface area contributed by atoms with Crippen molar-refractivity contribution in [1.82, 2.24) is 20.1 Å². The highest BCUT2D eigenvalue weighted by Gasteiger charge is 2.13. The molecule has 3 heterocycles. The Labute approximate surface area is 148 Å². The van der Waals surface area contributed by atoms with Gasteiger partial charge in [0.2, 0.25) is 0 Å². The molecule has 132 valence electrons. The third-order valence-corrected chi connectivity index (χ3v) is 4.21. The molecule has 6 nitrogen and oxygen atoms in total. The molecular formula is C19H17FN4O2. The van der Waals surface area contributed by atoms with Gasteiger partial charge in [0.1, 0.15) is 17.2 Å². The molecule has 0 atom stereocenters. The number of hydrogen-bond donors (Lipinski definition) is 2. The Morgan fingerprint density at radius 3 is 2.77 bits per heavy atom. The van der Waals surface area contributed by atoms with Crippen LogP contribution in [0.2, 0.25) is 0 Å². The maximum atomic E-state index is 13.2. The van der Waals surface area contributed by atoms with Crippen LogP contribution in [0.4, 0.5) is 4.39 Å². The average Bonchev–Trinajstić information content (AvgIpc) is 3.25. The first-order chi connectivity index (χ1) is 12.6. The van der Waals surface area contributed by atoms with E-state index in [2.05, 4.69) is 15.4 Å². The number of fused-ring (bicyclic) bond motifs is 1. The van der Waals surface area contributed by atoms with Crippen LogP contribution in [0.3, 0.4) is 0 Å². The van der Waals surface area contributed by atoms with Crippen LogP contribution in [0.1, 0.15) is 17.0 Å². The van der Waals surface area contributed by atoms with Gasteiger partial charge in [0.15, 0.2) is 0 Å². The SMILES string of the molecule is Cc1nn(-c2ccc(F)cc2)c2[nH]c(=O)c(CNCc3ccco3)cc12. The van der Waals surface area contributed by atoms with Crippen molar-refractivity contribution in [1.29, 1.82) is 0 Å². The van der Waals surface area contributed by atoms with Crippen LogP contribution in [-0.4, -0.2) is 14.8 Å². The second-order valence-corrected chi connectivity index (χ2v) is 6.04. The predicted octanol–water partition coefficient (Wildman–Crippen LogP) is 3.04. The molecule has 4 rings (SSSR count). The molecule has 3 aromatic heterocycles. The number of nitrogens with zero attached hydrogens (tertiary/aromatic N) is 2. The van der Waals surface area contributed by atoms with E-state index in [0.29, 0.717) is 30.0 Å². The van der Waals surface area contributed by atoms with Gasteiger partial charge in [0.25, 0.3) is 5.56 Å². The molecule has 7 heteroatoms. The number of aromatic nitrogens is 3. The molecule has 0 saturated heterocycles. The van der Waals surface area contributed by atoms with Gasteiger partial charge in [-0.3, -0.25) is 4.79 Å². The quantitative estimate of drug-likeness (QED) is 0.579. The van der Waals surface area contributed by atoms with Crippen LogP contribution in [0.25, 0.3) is 16.7 Å². The van der Waals surface area contributed by atoms with Gasteiger partial charge in [-0.05, 0) is 49.4 Å². The second kappa shape index (κ2) is 6.61. The summed E-state index contributed by atoms with van der Waals surface area (Å²) in [6, 6.07) is 11.5. The van der Waals surface area contributed by atoms with E-state index >= 15 is 0 Å². The Morgan fingerprint density at radius 1 is 1.23 bits per heavy atom. The number of benzene rings is 1. The number of aromatic amines is 1. The lowest BCUT2D eigenvalue weighted by Crippen LogP contribution is -2.21. The first-order valence-electron chi connectivity index (χ1n) is 8.22. The summed E-state index contributed by atoms with van der Waals surface area (Å²) in [4.78, 5) is 15.3. The first-order valence-corrected chi connectivity index (χ1v) is 8.22. The summed E-state index contributed by atoms with van der Waals surface area (Å²) < 4.78 is 20.0. The molecule has 0 radical (unpaired) electrons. The summed E-state index contributed by atoms with van der Waals surface area (Å²) in [5.74, 6) is 0.489. The number of furan rings is 1. The molecule has 26 heavy (non-hydrogen) atoms. The molecule has 0 fully saturated rings. The van der Waals surface area contributed by atoms with Crippen molar-refractivity contribution in [2.75, 3.05) is 0 Å². The molecule has 0 amide bonds. The monoisotopic (exact) mass is 352 g/mol. The molecule has 0 aliphatic heterocycles. The van der Waals surface area contributed by atoms with E-state index in [0.717, 1.165) is 16.8 Å². The van der Waals surface area contributed by atoms with Crippen LogP contribution in [0.5, 0.6) is 0 Å². The summed E-state index contributed by atoms with van der Waals surface area (Å²) >= 11 is 0. The first kappa shape index (κ1) is 16.3. The van der Waals surface area contributed by atoms with Crippen molar-refractivity contribution in [2.24, 2.45) is 0 Å². The van der Waals surface area contributed by atoms with E-state index in [-0.39, 0.29) is 11.4 Å². The zero-order valence-electron chi connectivity index (χ0n) is 14.1. The fourth-order valence-electron chi connectivity index (χ4n) is 2.89. The summed E-state index contributed by atoms with van der Waals surface area (Å²) in [5, 5.41) is 8.52. The topological polar surface area (TPSA) is 75.8 Å². The van der Waals surface area contributed by atoms with Crippen LogP contribution in [-0.2, 0) is 13.1 Å². The molecule has 2 N–H and O–H groups in total. The smallest absolute Gasteiger partial charge is 0.254 e. The van der Waals surface area contributed by atoms with Gasteiger partial charge in [-0.25, -0.2) is 9.07 Å². The summed E-state index contributed by atoms with van der Waals surface area (Å²) in [6.07, 6.45) is 1.61. The minimum Gasteiger partial charge on any atom is -0.468 e. The predicted molar refractivity (Wildman–Crippen MR) is 95.6 cm³/mol. The third-order valence-electron chi connectivity index (χ3n) is 4.21. The highest BCUT2D eigenvalue weighted by Crippen LogP contribution is 2.20. The third kappa shape index (κ3) is 3.04. The molecule has 4 aromatic rings. The maximum absolute atomic E-state index is 13.2. The molecule has 0 aliphatic rings. The summed E-state index contributed by atoms with van der Waals surface area (Å²) in [6.45, 7) is 2.83. The summed E-state index contributed by atoms with van der Waals surface area (Å²) in [7, 11) is 0. The molecule has 0 bridgehead atoms. The molecule has 0 saturated carbocycles. The van der Waals surface area contributed by atoms with Crippen molar-refractivity contribution in [3.05, 3.63) is 81.9 Å². The average molecular weight is 352 g/mol. The van der Waals surface area contributed by atoms with Gasteiger partial charge in [-0.15, -0.1) is 0 Å². The minimum absolute atomic E-state index is 0.187. The number of rotatable bonds is 5. The summed E-state index contributed by atoms with van der Waals surface area (Å²) in [5.41, 5.74) is 2.49. The molecule has 0 unspecified atom stereocenters. The minimum atomic E-state index is -0.319. The zero-order chi connectivity index (χ0) is 18.1. The Hall–Kier alpha value is -3.19. The fraction of sp³-hybridized carbons (Fsp3) is 0.158. The lowest BCUT2D eigenvalue weighted by atomic mass is 10.2. The van der Waals surface area contributed by atoms with Crippen molar-refractivity contribution in [3.8, 4) is 5.69 Å². The van der Waals surface area contributed by atoms with Gasteiger partial charge in [0.05, 0.1) is 24.2 Å². The van der Waals surface area contributed by atoms with Gasteiger partial charge < -0.3 is 14.7 Å². The second-order valence-electron chi connectivity index (χ2n) is 6.04. The van der Waals surface area contributed by atoms with Crippen LogP contribution in [0, 0.1) is 12.7 Å². The van der Waals surface area contributed by atoms with Crippen molar-refractivity contribution < 1.29 is 8.81 Å². The zero-order valence-corrected chi connectivity index (χ0v) is 14.1. The molecule has 0 spiro atoms. The number of H-pyrrole nitrogens is 1. The van der Waals surface area contributed by atoms with Gasteiger partial charge >= 0.3 is 0 Å². The lowest BCUT2D eigenvalue weighted by molar-refractivity contribution is 0.482. The molecule has 0 aliphatic carbocycles. The van der Waals surface area contributed by atoms with E-state index in [1.165, 1.54) is 12.1 Å². The van der Waals surface area contributed by atoms with Crippen LogP contribution >= 0.6 is 0 Å². The number of pyridine rings is 1. The van der Waals surface area contributed by atoms with E-state index < -0.39 is 0 Å². The van der Waals surface area contributed by atoms with Gasteiger partial charge in [0, 0.05) is 17.5 Å². The Bertz CT molecular complexity index is 1100. The number of halogens is 1. The number of nitrogens with one attached hydrogen (secondary N) is 2. The lowest BCUT2D eigenvalue weighted by Gasteiger charge is -2.05. The highest BCUT2D eigenvalue weighted by atomic mass is 19.1. The Balaban J connectivity index is 1.65. The molecular weight excluding hydrogens is 335 g/mol. The van der Waals surface area contributed by atoms with Gasteiger partial charge in [-0.1, -0.05) is 0 Å². The Kier molecular flexibility index (Phi) is 4.14. The largest absolute Gasteiger partial charge is 0.468 e. The van der Waals surface area contributed by atoms with Crippen molar-refractivity contribution in [2.45, 2.75) is 20.0 Å². The van der Waals surface area contributed by atoms with E-state index in [1.807, 2.05) is 25.1 Å². The van der Waals surface area contributed by atoms with Gasteiger partial charge in [-0.2, -0.15) is 5.10 Å². The van der Waals surface area contributed by atoms with Crippen LogP contribution < -0.4 is 10.9 Å². The highest BCUT2D eigenvalue weighted by molar-refractivity contribution is 5.80. The number of hydrogen-bond acceptors (Lipinski definition) is 4. The fourth-order valence-corrected chi connectivity index (χ4v) is 2.89. The van der Waals surface area contributed by atoms with Crippen molar-refractivity contribution >= 4 is 11.0 Å².